The zero-order valence-corrected chi connectivity index (χ0v) is 9.55. The normalized spacial score (nSPS) is 11.6. The van der Waals surface area contributed by atoms with Gasteiger partial charge in [0.25, 0.3) is 0 Å². The van der Waals surface area contributed by atoms with Gasteiger partial charge >= 0.3 is 0 Å². The van der Waals surface area contributed by atoms with E-state index in [2.05, 4.69) is 9.46 Å². The lowest BCUT2D eigenvalue weighted by atomic mass is 10.3. The quantitative estimate of drug-likeness (QED) is 0.581. The smallest absolute Gasteiger partial charge is 0.245 e. The standard InChI is InChI=1S/C9H13FN2O3S/c1-15-6-5-12-16(13,14)9-7(10)3-2-4-8(9)11/h2-4,12H,5-6,11H2,1H3. The first kappa shape index (κ1) is 12.9. The minimum atomic E-state index is -3.92. The molecule has 0 heterocycles. The van der Waals surface area contributed by atoms with E-state index in [1.165, 1.54) is 19.2 Å². The first-order chi connectivity index (χ1) is 7.49. The Kier molecular flexibility index (Phi) is 4.22. The molecule has 0 aliphatic carbocycles. The second-order valence-electron chi connectivity index (χ2n) is 3.05. The Bertz CT molecular complexity index is 442. The van der Waals surface area contributed by atoms with E-state index in [0.29, 0.717) is 0 Å². The summed E-state index contributed by atoms with van der Waals surface area (Å²) >= 11 is 0. The Hall–Kier alpha value is -1.18. The van der Waals surface area contributed by atoms with E-state index in [9.17, 15) is 12.8 Å². The number of ether oxygens (including phenoxy) is 1. The Morgan fingerprint density at radius 3 is 2.75 bits per heavy atom. The molecule has 0 unspecified atom stereocenters. The lowest BCUT2D eigenvalue weighted by Crippen LogP contribution is -2.28. The summed E-state index contributed by atoms with van der Waals surface area (Å²) in [4.78, 5) is -0.522. The highest BCUT2D eigenvalue weighted by molar-refractivity contribution is 7.89. The maximum atomic E-state index is 13.3. The van der Waals surface area contributed by atoms with Crippen LogP contribution in [0.1, 0.15) is 0 Å². The monoisotopic (exact) mass is 248 g/mol. The third kappa shape index (κ3) is 2.91. The van der Waals surface area contributed by atoms with Gasteiger partial charge in [0.1, 0.15) is 10.7 Å². The van der Waals surface area contributed by atoms with E-state index in [1.807, 2.05) is 0 Å². The number of benzene rings is 1. The second kappa shape index (κ2) is 5.24. The molecular weight excluding hydrogens is 235 g/mol. The van der Waals surface area contributed by atoms with Gasteiger partial charge in [-0.05, 0) is 12.1 Å². The number of nitrogen functional groups attached to an aromatic ring is 1. The molecule has 0 saturated heterocycles. The van der Waals surface area contributed by atoms with Crippen LogP contribution in [-0.2, 0) is 14.8 Å². The SMILES string of the molecule is COCCNS(=O)(=O)c1c(N)cccc1F. The topological polar surface area (TPSA) is 81.4 Å². The van der Waals surface area contributed by atoms with Gasteiger partial charge in [-0.3, -0.25) is 0 Å². The summed E-state index contributed by atoms with van der Waals surface area (Å²) in [5.74, 6) is -0.870. The number of anilines is 1. The number of hydrogen-bond acceptors (Lipinski definition) is 4. The molecule has 90 valence electrons. The average molecular weight is 248 g/mol. The number of sulfonamides is 1. The summed E-state index contributed by atoms with van der Waals surface area (Å²) in [6, 6.07) is 3.72. The van der Waals surface area contributed by atoms with Gasteiger partial charge in [0.05, 0.1) is 12.3 Å². The maximum Gasteiger partial charge on any atom is 0.245 e. The van der Waals surface area contributed by atoms with Gasteiger partial charge in [0.2, 0.25) is 10.0 Å². The highest BCUT2D eigenvalue weighted by atomic mass is 32.2. The minimum Gasteiger partial charge on any atom is -0.398 e. The molecule has 1 aromatic rings. The van der Waals surface area contributed by atoms with Crippen LogP contribution in [0.15, 0.2) is 23.1 Å². The van der Waals surface area contributed by atoms with Crippen molar-refractivity contribution < 1.29 is 17.5 Å². The highest BCUT2D eigenvalue weighted by Gasteiger charge is 2.21. The van der Waals surface area contributed by atoms with Crippen molar-refractivity contribution in [2.75, 3.05) is 26.0 Å². The van der Waals surface area contributed by atoms with Crippen molar-refractivity contribution in [1.82, 2.24) is 4.72 Å². The van der Waals surface area contributed by atoms with E-state index >= 15 is 0 Å². The number of rotatable bonds is 5. The summed E-state index contributed by atoms with van der Waals surface area (Å²) in [5.41, 5.74) is 5.30. The zero-order valence-electron chi connectivity index (χ0n) is 8.73. The minimum absolute atomic E-state index is 0.0621. The fourth-order valence-corrected chi connectivity index (χ4v) is 2.36. The molecule has 0 aliphatic heterocycles. The molecule has 3 N–H and O–H groups in total. The lowest BCUT2D eigenvalue weighted by molar-refractivity contribution is 0.204. The molecule has 0 amide bonds. The molecule has 5 nitrogen and oxygen atoms in total. The molecule has 1 rings (SSSR count). The van der Waals surface area contributed by atoms with Crippen LogP contribution >= 0.6 is 0 Å². The molecule has 0 atom stereocenters. The van der Waals surface area contributed by atoms with Crippen molar-refractivity contribution in [1.29, 1.82) is 0 Å². The van der Waals surface area contributed by atoms with Gasteiger partial charge in [0, 0.05) is 13.7 Å². The molecule has 1 aromatic carbocycles. The van der Waals surface area contributed by atoms with Gasteiger partial charge in [-0.15, -0.1) is 0 Å². The summed E-state index contributed by atoms with van der Waals surface area (Å²) < 4.78 is 43.5. The highest BCUT2D eigenvalue weighted by Crippen LogP contribution is 2.20. The Morgan fingerprint density at radius 1 is 1.50 bits per heavy atom. The van der Waals surface area contributed by atoms with Crippen molar-refractivity contribution in [2.24, 2.45) is 0 Å². The second-order valence-corrected chi connectivity index (χ2v) is 4.75. The van der Waals surface area contributed by atoms with E-state index in [4.69, 9.17) is 5.73 Å². The van der Waals surface area contributed by atoms with Crippen LogP contribution in [0.2, 0.25) is 0 Å². The van der Waals surface area contributed by atoms with E-state index in [1.54, 1.807) is 0 Å². The third-order valence-electron chi connectivity index (χ3n) is 1.86. The largest absolute Gasteiger partial charge is 0.398 e. The predicted molar refractivity (Wildman–Crippen MR) is 57.9 cm³/mol. The maximum absolute atomic E-state index is 13.3. The predicted octanol–water partition coefficient (Wildman–Crippen LogP) is 0.333. The van der Waals surface area contributed by atoms with Gasteiger partial charge < -0.3 is 10.5 Å². The van der Waals surface area contributed by atoms with Gasteiger partial charge in [-0.2, -0.15) is 0 Å². The Morgan fingerprint density at radius 2 is 2.19 bits per heavy atom. The lowest BCUT2D eigenvalue weighted by Gasteiger charge is -2.09. The molecule has 0 spiro atoms. The molecule has 7 heteroatoms. The molecule has 0 aliphatic rings. The molecule has 0 bridgehead atoms. The van der Waals surface area contributed by atoms with E-state index in [0.717, 1.165) is 6.07 Å². The van der Waals surface area contributed by atoms with Crippen LogP contribution < -0.4 is 10.5 Å². The number of methoxy groups -OCH3 is 1. The first-order valence-electron chi connectivity index (χ1n) is 4.51. The van der Waals surface area contributed by atoms with Gasteiger partial charge in [-0.1, -0.05) is 6.07 Å². The summed E-state index contributed by atoms with van der Waals surface area (Å²) in [5, 5.41) is 0. The molecule has 0 saturated carbocycles. The van der Waals surface area contributed by atoms with Crippen molar-refractivity contribution in [3.8, 4) is 0 Å². The number of halogens is 1. The Balaban J connectivity index is 2.98. The van der Waals surface area contributed by atoms with Crippen LogP contribution in [0.25, 0.3) is 0 Å². The van der Waals surface area contributed by atoms with E-state index in [-0.39, 0.29) is 18.8 Å². The number of nitrogens with one attached hydrogen (secondary N) is 1. The molecule has 0 radical (unpaired) electrons. The summed E-state index contributed by atoms with van der Waals surface area (Å²) in [7, 11) is -2.49. The van der Waals surface area contributed by atoms with Gasteiger partial charge in [0.15, 0.2) is 0 Å². The summed E-state index contributed by atoms with van der Waals surface area (Å²) in [6.07, 6.45) is 0. The van der Waals surface area contributed by atoms with Crippen LogP contribution in [0.3, 0.4) is 0 Å². The van der Waals surface area contributed by atoms with E-state index < -0.39 is 20.7 Å². The first-order valence-corrected chi connectivity index (χ1v) is 6.00. The van der Waals surface area contributed by atoms with Crippen molar-refractivity contribution >= 4 is 15.7 Å². The van der Waals surface area contributed by atoms with Crippen molar-refractivity contribution in [3.63, 3.8) is 0 Å². The van der Waals surface area contributed by atoms with Crippen LogP contribution in [-0.4, -0.2) is 28.7 Å². The van der Waals surface area contributed by atoms with Crippen LogP contribution in [0.4, 0.5) is 10.1 Å². The third-order valence-corrected chi connectivity index (χ3v) is 3.42. The molecule has 0 fully saturated rings. The number of hydrogen-bond donors (Lipinski definition) is 2. The summed E-state index contributed by atoms with van der Waals surface area (Å²) in [6.45, 7) is 0.264. The fourth-order valence-electron chi connectivity index (χ4n) is 1.16. The fraction of sp³-hybridized carbons (Fsp3) is 0.333. The van der Waals surface area contributed by atoms with Crippen LogP contribution in [0.5, 0.6) is 0 Å². The number of nitrogens with two attached hydrogens (primary N) is 1. The van der Waals surface area contributed by atoms with Crippen molar-refractivity contribution in [2.45, 2.75) is 4.90 Å². The molecular formula is C9H13FN2O3S. The zero-order chi connectivity index (χ0) is 12.2. The molecule has 16 heavy (non-hydrogen) atoms. The van der Waals surface area contributed by atoms with Gasteiger partial charge in [-0.25, -0.2) is 17.5 Å². The molecule has 0 aromatic heterocycles. The van der Waals surface area contributed by atoms with Crippen molar-refractivity contribution in [3.05, 3.63) is 24.0 Å². The van der Waals surface area contributed by atoms with Crippen LogP contribution in [0, 0.1) is 5.82 Å². The average Bonchev–Trinajstić information content (AvgIpc) is 2.17. The Labute approximate surface area is 93.5 Å².